The quantitative estimate of drug-likeness (QED) is 0.205. The van der Waals surface area contributed by atoms with Gasteiger partial charge in [-0.3, -0.25) is 9.59 Å². The summed E-state index contributed by atoms with van der Waals surface area (Å²) in [4.78, 5) is 22.8. The normalized spacial score (nSPS) is 19.1. The number of unbranched alkanes of at least 4 members (excludes halogenated alkanes) is 6. The number of hydrogen-bond acceptors (Lipinski definition) is 5. The van der Waals surface area contributed by atoms with Crippen LogP contribution in [0, 0.1) is 11.8 Å². The van der Waals surface area contributed by atoms with Crippen LogP contribution in [0.25, 0.3) is 0 Å². The summed E-state index contributed by atoms with van der Waals surface area (Å²) in [5.41, 5.74) is 0. The molecule has 1 aliphatic rings. The van der Waals surface area contributed by atoms with Gasteiger partial charge in [0, 0.05) is 20.1 Å². The molecule has 0 amide bonds. The highest BCUT2D eigenvalue weighted by molar-refractivity contribution is 5.94. The standard InChI is InChI=1S/C19H34O5/c1-4-5-6-7-8-9-10-11-15(19(22-2)23-3)12-13-16-14-17(20)24-18(16)21/h15-16,19H,4-14H2,1-3H3. The fourth-order valence-corrected chi connectivity index (χ4v) is 3.42. The smallest absolute Gasteiger partial charge is 0.317 e. The summed E-state index contributed by atoms with van der Waals surface area (Å²) < 4.78 is 15.5. The molecule has 1 aliphatic heterocycles. The van der Waals surface area contributed by atoms with Crippen molar-refractivity contribution in [1.29, 1.82) is 0 Å². The second-order valence-electron chi connectivity index (χ2n) is 6.78. The Morgan fingerprint density at radius 2 is 1.62 bits per heavy atom. The van der Waals surface area contributed by atoms with Crippen LogP contribution in [-0.2, 0) is 23.8 Å². The Hall–Kier alpha value is -0.940. The van der Waals surface area contributed by atoms with Gasteiger partial charge in [-0.25, -0.2) is 0 Å². The lowest BCUT2D eigenvalue weighted by molar-refractivity contribution is -0.153. The number of cyclic esters (lactones) is 2. The third-order valence-corrected chi connectivity index (χ3v) is 4.87. The van der Waals surface area contributed by atoms with E-state index in [0.29, 0.717) is 6.42 Å². The molecule has 2 atom stereocenters. The third-order valence-electron chi connectivity index (χ3n) is 4.87. The van der Waals surface area contributed by atoms with E-state index >= 15 is 0 Å². The predicted molar refractivity (Wildman–Crippen MR) is 92.3 cm³/mol. The van der Waals surface area contributed by atoms with Gasteiger partial charge in [0.15, 0.2) is 6.29 Å². The maximum absolute atomic E-state index is 11.6. The Bertz CT molecular complexity index is 365. The first kappa shape index (κ1) is 21.1. The van der Waals surface area contributed by atoms with Gasteiger partial charge in [0.1, 0.15) is 0 Å². The molecule has 0 radical (unpaired) electrons. The van der Waals surface area contributed by atoms with Crippen molar-refractivity contribution < 1.29 is 23.8 Å². The van der Waals surface area contributed by atoms with E-state index in [2.05, 4.69) is 11.7 Å². The lowest BCUT2D eigenvalue weighted by atomic mass is 9.90. The fourth-order valence-electron chi connectivity index (χ4n) is 3.42. The largest absolute Gasteiger partial charge is 0.393 e. The summed E-state index contributed by atoms with van der Waals surface area (Å²) >= 11 is 0. The van der Waals surface area contributed by atoms with Gasteiger partial charge in [-0.05, 0) is 19.3 Å². The van der Waals surface area contributed by atoms with Crippen LogP contribution in [0.1, 0.15) is 77.6 Å². The molecule has 5 nitrogen and oxygen atoms in total. The summed E-state index contributed by atoms with van der Waals surface area (Å²) in [6, 6.07) is 0. The zero-order chi connectivity index (χ0) is 17.8. The van der Waals surface area contributed by atoms with E-state index in [4.69, 9.17) is 9.47 Å². The SMILES string of the molecule is CCCCCCCCCC(CCC1CC(=O)OC1=O)C(OC)OC. The van der Waals surface area contributed by atoms with Gasteiger partial charge in [-0.2, -0.15) is 0 Å². The molecule has 0 aromatic carbocycles. The van der Waals surface area contributed by atoms with Crippen molar-refractivity contribution in [2.75, 3.05) is 14.2 Å². The van der Waals surface area contributed by atoms with Crippen LogP contribution in [0.2, 0.25) is 0 Å². The number of methoxy groups -OCH3 is 2. The molecule has 1 saturated heterocycles. The Morgan fingerprint density at radius 1 is 1.00 bits per heavy atom. The van der Waals surface area contributed by atoms with E-state index in [1.807, 2.05) is 0 Å². The first-order chi connectivity index (χ1) is 11.6. The Labute approximate surface area is 146 Å². The van der Waals surface area contributed by atoms with Crippen molar-refractivity contribution in [1.82, 2.24) is 0 Å². The molecule has 0 bridgehead atoms. The van der Waals surface area contributed by atoms with Crippen LogP contribution in [0.3, 0.4) is 0 Å². The molecule has 0 N–H and O–H groups in total. The number of carbonyl (C=O) groups is 2. The van der Waals surface area contributed by atoms with Crippen LogP contribution < -0.4 is 0 Å². The maximum atomic E-state index is 11.6. The first-order valence-corrected chi connectivity index (χ1v) is 9.42. The Morgan fingerprint density at radius 3 is 2.17 bits per heavy atom. The highest BCUT2D eigenvalue weighted by Crippen LogP contribution is 2.28. The van der Waals surface area contributed by atoms with E-state index in [0.717, 1.165) is 19.3 Å². The van der Waals surface area contributed by atoms with Crippen molar-refractivity contribution in [2.45, 2.75) is 83.8 Å². The first-order valence-electron chi connectivity index (χ1n) is 9.42. The second-order valence-corrected chi connectivity index (χ2v) is 6.78. The average Bonchev–Trinajstić information content (AvgIpc) is 2.89. The van der Waals surface area contributed by atoms with Gasteiger partial charge in [0.05, 0.1) is 12.3 Å². The van der Waals surface area contributed by atoms with E-state index in [1.165, 1.54) is 38.5 Å². The molecule has 0 aliphatic carbocycles. The minimum atomic E-state index is -0.399. The summed E-state index contributed by atoms with van der Waals surface area (Å²) in [7, 11) is 3.30. The summed E-state index contributed by atoms with van der Waals surface area (Å²) in [6.07, 6.45) is 11.4. The second kappa shape index (κ2) is 12.4. The number of esters is 2. The molecule has 0 saturated carbocycles. The molecule has 1 rings (SSSR count). The van der Waals surface area contributed by atoms with Gasteiger partial charge in [0.2, 0.25) is 0 Å². The minimum absolute atomic E-state index is 0.216. The van der Waals surface area contributed by atoms with E-state index in [1.54, 1.807) is 14.2 Å². The molecule has 140 valence electrons. The molecular weight excluding hydrogens is 308 g/mol. The zero-order valence-electron chi connectivity index (χ0n) is 15.6. The summed E-state index contributed by atoms with van der Waals surface area (Å²) in [5, 5.41) is 0. The molecule has 1 heterocycles. The maximum Gasteiger partial charge on any atom is 0.317 e. The van der Waals surface area contributed by atoms with Gasteiger partial charge >= 0.3 is 11.9 Å². The van der Waals surface area contributed by atoms with Gasteiger partial charge in [0.25, 0.3) is 0 Å². The Balaban J connectivity index is 2.32. The molecule has 0 aromatic heterocycles. The molecule has 1 fully saturated rings. The van der Waals surface area contributed by atoms with E-state index in [-0.39, 0.29) is 30.5 Å². The predicted octanol–water partition coefficient (Wildman–Crippen LogP) is 4.23. The number of ether oxygens (including phenoxy) is 3. The van der Waals surface area contributed by atoms with Gasteiger partial charge in [-0.1, -0.05) is 51.9 Å². The van der Waals surface area contributed by atoms with Crippen LogP contribution in [-0.4, -0.2) is 32.4 Å². The van der Waals surface area contributed by atoms with Crippen LogP contribution in [0.5, 0.6) is 0 Å². The summed E-state index contributed by atoms with van der Waals surface area (Å²) in [6.45, 7) is 2.23. The lowest BCUT2D eigenvalue weighted by Crippen LogP contribution is -2.26. The van der Waals surface area contributed by atoms with Crippen molar-refractivity contribution in [2.24, 2.45) is 11.8 Å². The van der Waals surface area contributed by atoms with E-state index < -0.39 is 5.97 Å². The van der Waals surface area contributed by atoms with Crippen molar-refractivity contribution >= 4 is 11.9 Å². The molecule has 2 unspecified atom stereocenters. The third kappa shape index (κ3) is 7.75. The molecule has 5 heteroatoms. The van der Waals surface area contributed by atoms with Crippen LogP contribution in [0.15, 0.2) is 0 Å². The lowest BCUT2D eigenvalue weighted by Gasteiger charge is -2.25. The van der Waals surface area contributed by atoms with Crippen LogP contribution in [0.4, 0.5) is 0 Å². The monoisotopic (exact) mass is 342 g/mol. The fraction of sp³-hybridized carbons (Fsp3) is 0.895. The highest BCUT2D eigenvalue weighted by atomic mass is 16.7. The molecule has 0 aromatic rings. The van der Waals surface area contributed by atoms with Crippen molar-refractivity contribution in [3.63, 3.8) is 0 Å². The minimum Gasteiger partial charge on any atom is -0.393 e. The number of carbonyl (C=O) groups excluding carboxylic acids is 2. The Kier molecular flexibility index (Phi) is 10.9. The van der Waals surface area contributed by atoms with Gasteiger partial charge in [-0.15, -0.1) is 0 Å². The molecule has 0 spiro atoms. The number of hydrogen-bond donors (Lipinski definition) is 0. The highest BCUT2D eigenvalue weighted by Gasteiger charge is 2.34. The average molecular weight is 342 g/mol. The van der Waals surface area contributed by atoms with Crippen molar-refractivity contribution in [3.8, 4) is 0 Å². The molecule has 24 heavy (non-hydrogen) atoms. The van der Waals surface area contributed by atoms with E-state index in [9.17, 15) is 9.59 Å². The van der Waals surface area contributed by atoms with Gasteiger partial charge < -0.3 is 14.2 Å². The summed E-state index contributed by atoms with van der Waals surface area (Å²) in [5.74, 6) is -0.813. The molecular formula is C19H34O5. The van der Waals surface area contributed by atoms with Crippen LogP contribution >= 0.6 is 0 Å². The van der Waals surface area contributed by atoms with Crippen molar-refractivity contribution in [3.05, 3.63) is 0 Å². The number of rotatable bonds is 14. The topological polar surface area (TPSA) is 61.8 Å². The zero-order valence-corrected chi connectivity index (χ0v) is 15.6.